The fourth-order valence-corrected chi connectivity index (χ4v) is 4.10. The van der Waals surface area contributed by atoms with Crippen molar-refractivity contribution in [2.75, 3.05) is 7.11 Å². The molecule has 0 saturated heterocycles. The highest BCUT2D eigenvalue weighted by molar-refractivity contribution is 9.10. The Kier molecular flexibility index (Phi) is 7.37. The van der Waals surface area contributed by atoms with E-state index in [0.29, 0.717) is 18.1 Å². The monoisotopic (exact) mass is 502 g/mol. The van der Waals surface area contributed by atoms with E-state index in [4.69, 9.17) is 9.47 Å². The highest BCUT2D eigenvalue weighted by Gasteiger charge is 2.12. The van der Waals surface area contributed by atoms with Crippen LogP contribution in [0.15, 0.2) is 94.5 Å². The Morgan fingerprint density at radius 3 is 2.58 bits per heavy atom. The maximum Gasteiger partial charge on any atom is 0.244 e. The van der Waals surface area contributed by atoms with Crippen LogP contribution >= 0.6 is 15.9 Å². The van der Waals surface area contributed by atoms with Crippen molar-refractivity contribution >= 4 is 38.8 Å². The zero-order chi connectivity index (χ0) is 23.0. The summed E-state index contributed by atoms with van der Waals surface area (Å²) in [5.74, 6) is 0.999. The lowest BCUT2D eigenvalue weighted by Crippen LogP contribution is -2.19. The second-order valence-electron chi connectivity index (χ2n) is 7.42. The topological polar surface area (TPSA) is 59.9 Å². The second kappa shape index (κ2) is 10.8. The van der Waals surface area contributed by atoms with Gasteiger partial charge in [-0.1, -0.05) is 72.8 Å². The van der Waals surface area contributed by atoms with Crippen molar-refractivity contribution in [3.63, 3.8) is 0 Å². The molecule has 0 aromatic heterocycles. The van der Waals surface area contributed by atoms with Crippen molar-refractivity contribution in [2.24, 2.45) is 5.10 Å². The SMILES string of the molecule is COc1cc(/C=N\NC(=O)Cc2cccc3ccccc23)cc(Br)c1OCc1ccccc1. The van der Waals surface area contributed by atoms with E-state index in [-0.39, 0.29) is 12.3 Å². The van der Waals surface area contributed by atoms with Crippen LogP contribution in [0, 0.1) is 0 Å². The van der Waals surface area contributed by atoms with Crippen LogP contribution in [0.3, 0.4) is 0 Å². The highest BCUT2D eigenvalue weighted by atomic mass is 79.9. The standard InChI is InChI=1S/C27H23BrN2O3/c1-32-25-15-20(14-24(28)27(25)33-18-19-8-3-2-4-9-19)17-29-30-26(31)16-22-12-7-11-21-10-5-6-13-23(21)22/h2-15,17H,16,18H2,1H3,(H,30,31)/b29-17-. The first-order chi connectivity index (χ1) is 16.1. The number of carbonyl (C=O) groups is 1. The van der Waals surface area contributed by atoms with Gasteiger partial charge in [0.1, 0.15) is 6.61 Å². The summed E-state index contributed by atoms with van der Waals surface area (Å²) in [6.07, 6.45) is 1.83. The van der Waals surface area contributed by atoms with Gasteiger partial charge in [0.25, 0.3) is 0 Å². The van der Waals surface area contributed by atoms with Crippen LogP contribution in [0.2, 0.25) is 0 Å². The molecule has 4 aromatic rings. The van der Waals surface area contributed by atoms with E-state index in [0.717, 1.165) is 31.9 Å². The van der Waals surface area contributed by atoms with Gasteiger partial charge < -0.3 is 9.47 Å². The Hall–Kier alpha value is -3.64. The molecule has 0 aliphatic carbocycles. The van der Waals surface area contributed by atoms with E-state index >= 15 is 0 Å². The zero-order valence-corrected chi connectivity index (χ0v) is 19.7. The third kappa shape index (κ3) is 5.79. The number of halogens is 1. The number of benzene rings is 4. The molecule has 1 N–H and O–H groups in total. The van der Waals surface area contributed by atoms with E-state index in [9.17, 15) is 4.79 Å². The summed E-state index contributed by atoms with van der Waals surface area (Å²) < 4.78 is 12.2. The summed E-state index contributed by atoms with van der Waals surface area (Å²) >= 11 is 3.55. The largest absolute Gasteiger partial charge is 0.493 e. The fourth-order valence-electron chi connectivity index (χ4n) is 3.52. The Bertz CT molecular complexity index is 1280. The molecule has 0 fully saturated rings. The average Bonchev–Trinajstić information content (AvgIpc) is 2.84. The Labute approximate surface area is 201 Å². The minimum absolute atomic E-state index is 0.184. The number of carbonyl (C=O) groups excluding carboxylic acids is 1. The minimum Gasteiger partial charge on any atom is -0.493 e. The van der Waals surface area contributed by atoms with Gasteiger partial charge in [0.2, 0.25) is 5.91 Å². The lowest BCUT2D eigenvalue weighted by atomic mass is 10.0. The predicted molar refractivity (Wildman–Crippen MR) is 135 cm³/mol. The number of fused-ring (bicyclic) bond motifs is 1. The molecule has 0 unspecified atom stereocenters. The molecular weight excluding hydrogens is 480 g/mol. The fraction of sp³-hybridized carbons (Fsp3) is 0.111. The van der Waals surface area contributed by atoms with Crippen LogP contribution in [0.4, 0.5) is 0 Å². The maximum atomic E-state index is 12.4. The first-order valence-electron chi connectivity index (χ1n) is 10.5. The van der Waals surface area contributed by atoms with Crippen molar-refractivity contribution < 1.29 is 14.3 Å². The smallest absolute Gasteiger partial charge is 0.244 e. The molecule has 6 heteroatoms. The molecule has 0 saturated carbocycles. The quantitative estimate of drug-likeness (QED) is 0.241. The van der Waals surface area contributed by atoms with Gasteiger partial charge in [-0.25, -0.2) is 5.43 Å². The van der Waals surface area contributed by atoms with Gasteiger partial charge in [-0.15, -0.1) is 0 Å². The van der Waals surface area contributed by atoms with Crippen LogP contribution in [0.5, 0.6) is 11.5 Å². The molecule has 166 valence electrons. The molecule has 0 bridgehead atoms. The summed E-state index contributed by atoms with van der Waals surface area (Å²) in [6, 6.07) is 27.6. The number of nitrogens with zero attached hydrogens (tertiary/aromatic N) is 1. The van der Waals surface area contributed by atoms with Gasteiger partial charge in [0.05, 0.1) is 24.2 Å². The molecule has 33 heavy (non-hydrogen) atoms. The van der Waals surface area contributed by atoms with Crippen molar-refractivity contribution in [1.82, 2.24) is 5.43 Å². The van der Waals surface area contributed by atoms with Gasteiger partial charge in [-0.05, 0) is 55.5 Å². The van der Waals surface area contributed by atoms with Gasteiger partial charge in [0, 0.05) is 0 Å². The molecule has 0 heterocycles. The van der Waals surface area contributed by atoms with Crippen LogP contribution in [-0.4, -0.2) is 19.2 Å². The number of ether oxygens (including phenoxy) is 2. The van der Waals surface area contributed by atoms with Crippen molar-refractivity contribution in [3.05, 3.63) is 106 Å². The minimum atomic E-state index is -0.184. The van der Waals surface area contributed by atoms with Crippen LogP contribution in [0.25, 0.3) is 10.8 Å². The molecule has 4 aromatic carbocycles. The van der Waals surface area contributed by atoms with Crippen LogP contribution in [-0.2, 0) is 17.8 Å². The molecule has 4 rings (SSSR count). The number of rotatable bonds is 8. The molecule has 1 amide bonds. The van der Waals surface area contributed by atoms with E-state index in [1.807, 2.05) is 84.9 Å². The van der Waals surface area contributed by atoms with Crippen molar-refractivity contribution in [3.8, 4) is 11.5 Å². The van der Waals surface area contributed by atoms with Gasteiger partial charge in [0.15, 0.2) is 11.5 Å². The zero-order valence-electron chi connectivity index (χ0n) is 18.1. The normalized spacial score (nSPS) is 11.0. The summed E-state index contributed by atoms with van der Waals surface area (Å²) in [7, 11) is 1.59. The number of nitrogens with one attached hydrogen (secondary N) is 1. The average molecular weight is 503 g/mol. The number of methoxy groups -OCH3 is 1. The number of hydrazone groups is 1. The molecular formula is C27H23BrN2O3. The predicted octanol–water partition coefficient (Wildman–Crippen LogP) is 5.88. The number of hydrogen-bond donors (Lipinski definition) is 1. The second-order valence-corrected chi connectivity index (χ2v) is 8.27. The number of amides is 1. The highest BCUT2D eigenvalue weighted by Crippen LogP contribution is 2.36. The number of hydrogen-bond acceptors (Lipinski definition) is 4. The van der Waals surface area contributed by atoms with Gasteiger partial charge in [-0.2, -0.15) is 5.10 Å². The summed E-state index contributed by atoms with van der Waals surface area (Å²) in [5, 5.41) is 6.29. The lowest BCUT2D eigenvalue weighted by molar-refractivity contribution is -0.120. The summed E-state index contributed by atoms with van der Waals surface area (Å²) in [5.41, 5.74) is 5.39. The lowest BCUT2D eigenvalue weighted by Gasteiger charge is -2.13. The van der Waals surface area contributed by atoms with E-state index in [1.165, 1.54) is 0 Å². The van der Waals surface area contributed by atoms with E-state index in [2.05, 4.69) is 26.5 Å². The van der Waals surface area contributed by atoms with Crippen LogP contribution < -0.4 is 14.9 Å². The maximum absolute atomic E-state index is 12.4. The third-order valence-corrected chi connectivity index (χ3v) is 5.70. The molecule has 0 aliphatic rings. The molecule has 0 radical (unpaired) electrons. The molecule has 5 nitrogen and oxygen atoms in total. The molecule has 0 aliphatic heterocycles. The van der Waals surface area contributed by atoms with Gasteiger partial charge >= 0.3 is 0 Å². The first-order valence-corrected chi connectivity index (χ1v) is 11.3. The van der Waals surface area contributed by atoms with Crippen molar-refractivity contribution in [1.29, 1.82) is 0 Å². The molecule has 0 atom stereocenters. The summed E-state index contributed by atoms with van der Waals surface area (Å²) in [4.78, 5) is 12.4. The van der Waals surface area contributed by atoms with E-state index in [1.54, 1.807) is 13.3 Å². The van der Waals surface area contributed by atoms with Gasteiger partial charge in [-0.3, -0.25) is 4.79 Å². The summed E-state index contributed by atoms with van der Waals surface area (Å²) in [6.45, 7) is 0.424. The van der Waals surface area contributed by atoms with Crippen LogP contribution in [0.1, 0.15) is 16.7 Å². The Morgan fingerprint density at radius 1 is 1.00 bits per heavy atom. The third-order valence-electron chi connectivity index (χ3n) is 5.11. The Balaban J connectivity index is 1.41. The van der Waals surface area contributed by atoms with E-state index < -0.39 is 0 Å². The molecule has 0 spiro atoms. The Morgan fingerprint density at radius 2 is 1.76 bits per heavy atom. The first kappa shape index (κ1) is 22.6. The van der Waals surface area contributed by atoms with Crippen molar-refractivity contribution in [2.45, 2.75) is 13.0 Å².